The summed E-state index contributed by atoms with van der Waals surface area (Å²) in [5.41, 5.74) is 4.13. The van der Waals surface area contributed by atoms with Gasteiger partial charge in [-0.05, 0) is 35.7 Å². The fourth-order valence-corrected chi connectivity index (χ4v) is 4.12. The van der Waals surface area contributed by atoms with Crippen LogP contribution in [0, 0.1) is 11.8 Å². The van der Waals surface area contributed by atoms with E-state index in [1.807, 2.05) is 0 Å². The lowest BCUT2D eigenvalue weighted by atomic mass is 9.79. The zero-order valence-corrected chi connectivity index (χ0v) is 14.1. The molecule has 0 aliphatic carbocycles. The number of nitrogens with one attached hydrogen (secondary N) is 2. The van der Waals surface area contributed by atoms with Crippen molar-refractivity contribution in [2.75, 3.05) is 11.9 Å². The topological polar surface area (TPSA) is 24.1 Å². The van der Waals surface area contributed by atoms with Gasteiger partial charge >= 0.3 is 0 Å². The lowest BCUT2D eigenvalue weighted by Crippen LogP contribution is -2.51. The summed E-state index contributed by atoms with van der Waals surface area (Å²) in [6, 6.07) is 17.4. The molecular weight excluding hydrogens is 336 g/mol. The van der Waals surface area contributed by atoms with Crippen molar-refractivity contribution in [2.45, 2.75) is 25.4 Å². The van der Waals surface area contributed by atoms with Crippen LogP contribution in [0.15, 0.2) is 53.0 Å². The van der Waals surface area contributed by atoms with Crippen LogP contribution < -0.4 is 10.6 Å². The zero-order valence-electron chi connectivity index (χ0n) is 12.5. The molecule has 2 atom stereocenters. The van der Waals surface area contributed by atoms with Crippen LogP contribution in [0.25, 0.3) is 0 Å². The third kappa shape index (κ3) is 2.88. The fraction of sp³-hybridized carbons (Fsp3) is 0.316. The molecule has 3 aliphatic rings. The highest BCUT2D eigenvalue weighted by Gasteiger charge is 2.41. The van der Waals surface area contributed by atoms with Crippen LogP contribution in [0.1, 0.15) is 17.5 Å². The van der Waals surface area contributed by atoms with Crippen molar-refractivity contribution in [1.29, 1.82) is 0 Å². The number of hydrogen-bond donors (Lipinski definition) is 2. The maximum atomic E-state index is 3.71. The van der Waals surface area contributed by atoms with Crippen molar-refractivity contribution in [3.63, 3.8) is 0 Å². The van der Waals surface area contributed by atoms with E-state index in [2.05, 4.69) is 75.1 Å². The van der Waals surface area contributed by atoms with Crippen LogP contribution in [0.3, 0.4) is 0 Å². The number of rotatable bonds is 2. The molecular formula is C19H20BrN2+. The van der Waals surface area contributed by atoms with Gasteiger partial charge in [0.25, 0.3) is 0 Å². The van der Waals surface area contributed by atoms with E-state index in [1.54, 1.807) is 5.92 Å². The number of para-hydroxylation sites is 1. The van der Waals surface area contributed by atoms with Gasteiger partial charge in [0.2, 0.25) is 6.17 Å². The SMILES string of the molecule is Brc1cccc(C[C+]2CC3CNC2Nc2ccccc2C3)c1. The van der Waals surface area contributed by atoms with Crippen LogP contribution in [0.2, 0.25) is 0 Å². The first-order valence-corrected chi connectivity index (χ1v) is 8.74. The Labute approximate surface area is 140 Å². The van der Waals surface area contributed by atoms with Crippen LogP contribution in [0.5, 0.6) is 0 Å². The molecule has 0 spiro atoms. The van der Waals surface area contributed by atoms with Crippen molar-refractivity contribution in [3.8, 4) is 0 Å². The molecule has 5 rings (SSSR count). The van der Waals surface area contributed by atoms with Gasteiger partial charge in [0, 0.05) is 22.6 Å². The monoisotopic (exact) mass is 355 g/mol. The highest BCUT2D eigenvalue weighted by atomic mass is 79.9. The highest BCUT2D eigenvalue weighted by Crippen LogP contribution is 2.34. The number of benzene rings is 2. The van der Waals surface area contributed by atoms with Gasteiger partial charge in [0.1, 0.15) is 12.3 Å². The third-order valence-corrected chi connectivity index (χ3v) is 5.21. The van der Waals surface area contributed by atoms with Crippen LogP contribution in [-0.4, -0.2) is 12.7 Å². The molecule has 112 valence electrons. The average Bonchev–Trinajstić information content (AvgIpc) is 2.48. The minimum atomic E-state index is 0.289. The molecule has 0 saturated carbocycles. The molecule has 2 aromatic carbocycles. The summed E-state index contributed by atoms with van der Waals surface area (Å²) < 4.78 is 1.16. The lowest BCUT2D eigenvalue weighted by Gasteiger charge is -2.34. The molecule has 3 heteroatoms. The molecule has 2 unspecified atom stereocenters. The summed E-state index contributed by atoms with van der Waals surface area (Å²) in [5, 5.41) is 7.40. The Morgan fingerprint density at radius 3 is 2.95 bits per heavy atom. The van der Waals surface area contributed by atoms with E-state index in [0.29, 0.717) is 5.92 Å². The van der Waals surface area contributed by atoms with E-state index in [0.717, 1.165) is 23.9 Å². The van der Waals surface area contributed by atoms with Crippen molar-refractivity contribution >= 4 is 21.6 Å². The molecule has 2 bridgehead atoms. The number of anilines is 1. The van der Waals surface area contributed by atoms with Crippen LogP contribution in [-0.2, 0) is 12.8 Å². The highest BCUT2D eigenvalue weighted by molar-refractivity contribution is 9.10. The maximum absolute atomic E-state index is 3.71. The van der Waals surface area contributed by atoms with Gasteiger partial charge in [0.15, 0.2) is 0 Å². The van der Waals surface area contributed by atoms with Gasteiger partial charge < -0.3 is 5.32 Å². The summed E-state index contributed by atoms with van der Waals surface area (Å²) in [6.07, 6.45) is 3.70. The molecule has 22 heavy (non-hydrogen) atoms. The van der Waals surface area contributed by atoms with E-state index >= 15 is 0 Å². The van der Waals surface area contributed by atoms with Gasteiger partial charge in [-0.2, -0.15) is 0 Å². The van der Waals surface area contributed by atoms with E-state index in [-0.39, 0.29) is 6.17 Å². The van der Waals surface area contributed by atoms with E-state index in [9.17, 15) is 0 Å². The molecule has 3 aliphatic heterocycles. The van der Waals surface area contributed by atoms with E-state index in [4.69, 9.17) is 0 Å². The van der Waals surface area contributed by atoms with Gasteiger partial charge in [-0.15, -0.1) is 0 Å². The molecule has 1 saturated heterocycles. The maximum Gasteiger partial charge on any atom is 0.226 e. The summed E-state index contributed by atoms with van der Waals surface area (Å²) in [7, 11) is 0. The molecule has 3 heterocycles. The first-order valence-electron chi connectivity index (χ1n) is 7.95. The summed E-state index contributed by atoms with van der Waals surface area (Å²) >= 11 is 3.58. The second-order valence-corrected chi connectivity index (χ2v) is 7.30. The molecule has 2 nitrogen and oxygen atoms in total. The van der Waals surface area contributed by atoms with Crippen molar-refractivity contribution in [2.24, 2.45) is 5.92 Å². The molecule has 0 radical (unpaired) electrons. The van der Waals surface area contributed by atoms with Gasteiger partial charge in [0.05, 0.1) is 6.42 Å². The summed E-state index contributed by atoms with van der Waals surface area (Å²) in [5.74, 6) is 2.28. The van der Waals surface area contributed by atoms with Crippen molar-refractivity contribution in [3.05, 3.63) is 70.0 Å². The normalized spacial score (nSPS) is 23.4. The fourth-order valence-electron chi connectivity index (χ4n) is 3.68. The zero-order chi connectivity index (χ0) is 14.9. The van der Waals surface area contributed by atoms with Crippen LogP contribution in [0.4, 0.5) is 5.69 Å². The smallest absolute Gasteiger partial charge is 0.226 e. The van der Waals surface area contributed by atoms with Gasteiger partial charge in [-0.3, -0.25) is 5.32 Å². The average molecular weight is 356 g/mol. The molecule has 1 fully saturated rings. The summed E-state index contributed by atoms with van der Waals surface area (Å²) in [4.78, 5) is 0. The van der Waals surface area contributed by atoms with Crippen LogP contribution >= 0.6 is 15.9 Å². The minimum absolute atomic E-state index is 0.289. The predicted molar refractivity (Wildman–Crippen MR) is 94.8 cm³/mol. The second-order valence-electron chi connectivity index (χ2n) is 6.38. The quantitative estimate of drug-likeness (QED) is 0.790. The van der Waals surface area contributed by atoms with Gasteiger partial charge in [-0.25, -0.2) is 0 Å². The Bertz CT molecular complexity index is 670. The number of fused-ring (bicyclic) bond motifs is 2. The van der Waals surface area contributed by atoms with Gasteiger partial charge in [-0.1, -0.05) is 46.3 Å². The Balaban J connectivity index is 1.58. The minimum Gasteiger partial charge on any atom is -0.332 e. The first-order chi connectivity index (χ1) is 10.8. The lowest BCUT2D eigenvalue weighted by molar-refractivity contribution is 0.339. The number of hydrogen-bond acceptors (Lipinski definition) is 2. The standard InChI is InChI=1S/C19H20BrN2/c20-17-6-3-4-13(11-17)8-16-10-14-9-15-5-1-2-7-18(15)22-19(16)21-12-14/h1-7,11,14,19,21-22H,8-10,12H2/q+1. The third-order valence-electron chi connectivity index (χ3n) is 4.72. The molecule has 2 aromatic rings. The largest absolute Gasteiger partial charge is 0.332 e. The van der Waals surface area contributed by atoms with E-state index < -0.39 is 0 Å². The molecule has 0 amide bonds. The predicted octanol–water partition coefficient (Wildman–Crippen LogP) is 4.17. The Kier molecular flexibility index (Phi) is 3.85. The Morgan fingerprint density at radius 1 is 1.14 bits per heavy atom. The first kappa shape index (κ1) is 14.2. The number of halogens is 1. The second kappa shape index (κ2) is 5.98. The van der Waals surface area contributed by atoms with E-state index in [1.165, 1.54) is 23.2 Å². The van der Waals surface area contributed by atoms with Crippen molar-refractivity contribution < 1.29 is 0 Å². The Morgan fingerprint density at radius 2 is 2.05 bits per heavy atom. The molecule has 2 N–H and O–H groups in total. The van der Waals surface area contributed by atoms with Crippen molar-refractivity contribution in [1.82, 2.24) is 5.32 Å². The Hall–Kier alpha value is -1.45. The molecule has 0 aromatic heterocycles. The summed E-state index contributed by atoms with van der Waals surface area (Å²) in [6.45, 7) is 1.11. The number of piperidine rings is 1.